The van der Waals surface area contributed by atoms with Crippen LogP contribution in [0.15, 0.2) is 12.3 Å². The molecule has 1 aliphatic rings. The molecule has 1 aliphatic heterocycles. The number of carboxylic acid groups (broad SMARTS) is 1. The van der Waals surface area contributed by atoms with Gasteiger partial charge in [-0.05, 0) is 24.3 Å². The molecule has 0 bridgehead atoms. The molecule has 1 aromatic heterocycles. The molecule has 3 N–H and O–H groups in total. The van der Waals surface area contributed by atoms with Crippen LogP contribution in [0.2, 0.25) is 0 Å². The summed E-state index contributed by atoms with van der Waals surface area (Å²) in [7, 11) is 0. The van der Waals surface area contributed by atoms with Gasteiger partial charge in [0.25, 0.3) is 0 Å². The van der Waals surface area contributed by atoms with Crippen molar-refractivity contribution >= 4 is 17.5 Å². The van der Waals surface area contributed by atoms with Crippen LogP contribution in [0.25, 0.3) is 0 Å². The normalized spacial score (nSPS) is 18.7. The predicted molar refractivity (Wildman–Crippen MR) is 70.8 cm³/mol. The lowest BCUT2D eigenvalue weighted by atomic mass is 9.84. The summed E-state index contributed by atoms with van der Waals surface area (Å²) in [4.78, 5) is 17.2. The summed E-state index contributed by atoms with van der Waals surface area (Å²) in [6, 6.07) is 1.48. The SMILES string of the molecule is CC1(C)CCCN(c2ncc(C(=O)O)cc2N)C1. The lowest BCUT2D eigenvalue weighted by Crippen LogP contribution is -2.40. The summed E-state index contributed by atoms with van der Waals surface area (Å²) in [5.74, 6) is -0.299. The fourth-order valence-corrected chi connectivity index (χ4v) is 2.46. The highest BCUT2D eigenvalue weighted by atomic mass is 16.4. The quantitative estimate of drug-likeness (QED) is 0.838. The zero-order valence-electron chi connectivity index (χ0n) is 10.8. The molecule has 18 heavy (non-hydrogen) atoms. The van der Waals surface area contributed by atoms with Gasteiger partial charge in [-0.15, -0.1) is 0 Å². The van der Waals surface area contributed by atoms with E-state index in [9.17, 15) is 4.79 Å². The highest BCUT2D eigenvalue weighted by Gasteiger charge is 2.28. The lowest BCUT2D eigenvalue weighted by molar-refractivity contribution is 0.0696. The van der Waals surface area contributed by atoms with E-state index >= 15 is 0 Å². The monoisotopic (exact) mass is 249 g/mol. The Balaban J connectivity index is 2.26. The van der Waals surface area contributed by atoms with Crippen molar-refractivity contribution in [1.29, 1.82) is 0 Å². The molecule has 0 aromatic carbocycles. The maximum Gasteiger partial charge on any atom is 0.337 e. The van der Waals surface area contributed by atoms with Crippen molar-refractivity contribution in [2.75, 3.05) is 23.7 Å². The molecule has 5 heteroatoms. The molecule has 1 saturated heterocycles. The average Bonchev–Trinajstić information content (AvgIpc) is 2.27. The first kappa shape index (κ1) is 12.7. The van der Waals surface area contributed by atoms with E-state index in [1.54, 1.807) is 0 Å². The molecular weight excluding hydrogens is 230 g/mol. The van der Waals surface area contributed by atoms with E-state index in [0.29, 0.717) is 11.5 Å². The van der Waals surface area contributed by atoms with Crippen molar-refractivity contribution in [2.45, 2.75) is 26.7 Å². The van der Waals surface area contributed by atoms with Gasteiger partial charge < -0.3 is 15.7 Å². The standard InChI is InChI=1S/C13H19N3O2/c1-13(2)4-3-5-16(8-13)11-10(14)6-9(7-15-11)12(17)18/h6-7H,3-5,8,14H2,1-2H3,(H,17,18). The third-order valence-electron chi connectivity index (χ3n) is 3.34. The second-order valence-electron chi connectivity index (χ2n) is 5.63. The molecule has 0 spiro atoms. The number of piperidine rings is 1. The first-order valence-corrected chi connectivity index (χ1v) is 6.13. The largest absolute Gasteiger partial charge is 0.478 e. The van der Waals surface area contributed by atoms with Crippen molar-refractivity contribution in [3.05, 3.63) is 17.8 Å². The van der Waals surface area contributed by atoms with Crippen LogP contribution in [0.4, 0.5) is 11.5 Å². The number of anilines is 2. The number of rotatable bonds is 2. The molecule has 0 aliphatic carbocycles. The summed E-state index contributed by atoms with van der Waals surface area (Å²) < 4.78 is 0. The van der Waals surface area contributed by atoms with Gasteiger partial charge in [-0.1, -0.05) is 13.8 Å². The van der Waals surface area contributed by atoms with Gasteiger partial charge >= 0.3 is 5.97 Å². The van der Waals surface area contributed by atoms with Crippen LogP contribution in [0.5, 0.6) is 0 Å². The van der Waals surface area contributed by atoms with Crippen molar-refractivity contribution < 1.29 is 9.90 Å². The molecule has 0 radical (unpaired) electrons. The minimum Gasteiger partial charge on any atom is -0.478 e. The first-order valence-electron chi connectivity index (χ1n) is 6.13. The zero-order valence-corrected chi connectivity index (χ0v) is 10.8. The number of aromatic carboxylic acids is 1. The summed E-state index contributed by atoms with van der Waals surface area (Å²) in [5, 5.41) is 8.88. The molecule has 98 valence electrons. The molecule has 0 atom stereocenters. The van der Waals surface area contributed by atoms with Crippen LogP contribution in [0.3, 0.4) is 0 Å². The second-order valence-corrected chi connectivity index (χ2v) is 5.63. The maximum atomic E-state index is 10.8. The number of pyridine rings is 1. The Morgan fingerprint density at radius 1 is 1.56 bits per heavy atom. The number of aromatic nitrogens is 1. The molecule has 2 heterocycles. The molecule has 0 unspecified atom stereocenters. The van der Waals surface area contributed by atoms with Crippen LogP contribution < -0.4 is 10.6 Å². The van der Waals surface area contributed by atoms with Crippen molar-refractivity contribution in [2.24, 2.45) is 5.41 Å². The van der Waals surface area contributed by atoms with Gasteiger partial charge in [0.1, 0.15) is 0 Å². The van der Waals surface area contributed by atoms with Crippen LogP contribution >= 0.6 is 0 Å². The number of carbonyl (C=O) groups is 1. The number of nitrogens with two attached hydrogens (primary N) is 1. The Morgan fingerprint density at radius 2 is 2.28 bits per heavy atom. The highest BCUT2D eigenvalue weighted by molar-refractivity contribution is 5.89. The summed E-state index contributed by atoms with van der Waals surface area (Å²) in [5.41, 5.74) is 6.73. The van der Waals surface area contributed by atoms with Crippen LogP contribution in [0, 0.1) is 5.41 Å². The summed E-state index contributed by atoms with van der Waals surface area (Å²) >= 11 is 0. The molecule has 0 amide bonds. The molecule has 0 saturated carbocycles. The topological polar surface area (TPSA) is 79.5 Å². The van der Waals surface area contributed by atoms with Gasteiger partial charge in [0.05, 0.1) is 11.3 Å². The molecule has 1 fully saturated rings. The number of hydrogen-bond donors (Lipinski definition) is 2. The Bertz CT molecular complexity index is 471. The van der Waals surface area contributed by atoms with E-state index in [1.165, 1.54) is 18.7 Å². The van der Waals surface area contributed by atoms with Crippen molar-refractivity contribution in [3.63, 3.8) is 0 Å². The lowest BCUT2D eigenvalue weighted by Gasteiger charge is -2.39. The number of carboxylic acids is 1. The second kappa shape index (κ2) is 4.48. The minimum absolute atomic E-state index is 0.132. The molecule has 1 aromatic rings. The van der Waals surface area contributed by atoms with Crippen molar-refractivity contribution in [3.8, 4) is 0 Å². The Hall–Kier alpha value is -1.78. The molecular formula is C13H19N3O2. The smallest absolute Gasteiger partial charge is 0.337 e. The fourth-order valence-electron chi connectivity index (χ4n) is 2.46. The Morgan fingerprint density at radius 3 is 2.83 bits per heavy atom. The third-order valence-corrected chi connectivity index (χ3v) is 3.34. The van der Waals surface area contributed by atoms with Crippen LogP contribution in [0.1, 0.15) is 37.0 Å². The van der Waals surface area contributed by atoms with Gasteiger partial charge in [-0.25, -0.2) is 9.78 Å². The average molecular weight is 249 g/mol. The van der Waals surface area contributed by atoms with E-state index in [-0.39, 0.29) is 11.0 Å². The van der Waals surface area contributed by atoms with Gasteiger partial charge in [-0.3, -0.25) is 0 Å². The maximum absolute atomic E-state index is 10.8. The van der Waals surface area contributed by atoms with Gasteiger partial charge in [0.2, 0.25) is 0 Å². The minimum atomic E-state index is -1.00. The van der Waals surface area contributed by atoms with E-state index < -0.39 is 5.97 Å². The third kappa shape index (κ3) is 2.55. The van der Waals surface area contributed by atoms with Crippen LogP contribution in [-0.4, -0.2) is 29.1 Å². The fraction of sp³-hybridized carbons (Fsp3) is 0.538. The Labute approximate surface area is 107 Å². The van der Waals surface area contributed by atoms with E-state index in [2.05, 4.69) is 23.7 Å². The zero-order chi connectivity index (χ0) is 13.3. The number of nitrogen functional groups attached to an aromatic ring is 1. The highest BCUT2D eigenvalue weighted by Crippen LogP contribution is 2.32. The Kier molecular flexibility index (Phi) is 3.15. The van der Waals surface area contributed by atoms with Crippen LogP contribution in [-0.2, 0) is 0 Å². The predicted octanol–water partition coefficient (Wildman–Crippen LogP) is 1.99. The van der Waals surface area contributed by atoms with Gasteiger partial charge in [0.15, 0.2) is 5.82 Å². The van der Waals surface area contributed by atoms with E-state index in [4.69, 9.17) is 10.8 Å². The molecule has 5 nitrogen and oxygen atoms in total. The summed E-state index contributed by atoms with van der Waals surface area (Å²) in [6.07, 6.45) is 3.67. The first-order chi connectivity index (χ1) is 8.39. The number of hydrogen-bond acceptors (Lipinski definition) is 4. The van der Waals surface area contributed by atoms with Gasteiger partial charge in [-0.2, -0.15) is 0 Å². The van der Waals surface area contributed by atoms with E-state index in [0.717, 1.165) is 19.5 Å². The number of nitrogens with zero attached hydrogens (tertiary/aromatic N) is 2. The molecule has 2 rings (SSSR count). The van der Waals surface area contributed by atoms with Gasteiger partial charge in [0, 0.05) is 19.3 Å². The van der Waals surface area contributed by atoms with Crippen molar-refractivity contribution in [1.82, 2.24) is 4.98 Å². The summed E-state index contributed by atoms with van der Waals surface area (Å²) in [6.45, 7) is 6.27. The van der Waals surface area contributed by atoms with E-state index in [1.807, 2.05) is 0 Å².